The molecule has 0 saturated carbocycles. The first-order valence-electron chi connectivity index (χ1n) is 8.95. The van der Waals surface area contributed by atoms with Gasteiger partial charge in [0.2, 0.25) is 0 Å². The summed E-state index contributed by atoms with van der Waals surface area (Å²) in [6, 6.07) is 7.07. The van der Waals surface area contributed by atoms with Gasteiger partial charge < -0.3 is 19.1 Å². The number of anilines is 1. The van der Waals surface area contributed by atoms with Crippen molar-refractivity contribution in [2.24, 2.45) is 0 Å². The molecular weight excluding hydrogens is 360 g/mol. The number of amides is 1. The molecule has 8 nitrogen and oxygen atoms in total. The number of nitrogens with zero attached hydrogens (tertiary/aromatic N) is 3. The zero-order chi connectivity index (χ0) is 20.3. The second-order valence-electron chi connectivity index (χ2n) is 6.45. The Morgan fingerprint density at radius 3 is 2.68 bits per heavy atom. The molecule has 1 atom stereocenters. The molecule has 3 rings (SSSR count). The van der Waals surface area contributed by atoms with Crippen LogP contribution in [0.4, 0.5) is 5.82 Å². The van der Waals surface area contributed by atoms with Crippen LogP contribution in [0.15, 0.2) is 41.2 Å². The maximum absolute atomic E-state index is 12.7. The highest BCUT2D eigenvalue weighted by Crippen LogP contribution is 2.22. The Bertz CT molecular complexity index is 991. The van der Waals surface area contributed by atoms with Crippen LogP contribution in [0, 0.1) is 20.8 Å². The number of pyridine rings is 1. The maximum Gasteiger partial charge on any atom is 0.340 e. The Kier molecular flexibility index (Phi) is 5.58. The van der Waals surface area contributed by atoms with E-state index in [1.54, 1.807) is 38.4 Å². The van der Waals surface area contributed by atoms with Crippen LogP contribution in [0.25, 0.3) is 5.69 Å². The zero-order valence-corrected chi connectivity index (χ0v) is 16.2. The molecule has 8 heteroatoms. The average Bonchev–Trinajstić information content (AvgIpc) is 3.22. The fourth-order valence-electron chi connectivity index (χ4n) is 3.00. The highest BCUT2D eigenvalue weighted by molar-refractivity contribution is 5.97. The lowest BCUT2D eigenvalue weighted by atomic mass is 10.2. The van der Waals surface area contributed by atoms with E-state index >= 15 is 0 Å². The van der Waals surface area contributed by atoms with Gasteiger partial charge in [-0.05, 0) is 45.4 Å². The van der Waals surface area contributed by atoms with Gasteiger partial charge in [-0.3, -0.25) is 9.78 Å². The highest BCUT2D eigenvalue weighted by Gasteiger charge is 2.25. The van der Waals surface area contributed by atoms with E-state index in [-0.39, 0.29) is 5.82 Å². The molecule has 0 aromatic carbocycles. The Balaban J connectivity index is 1.77. The fraction of sp³-hybridized carbons (Fsp3) is 0.300. The molecule has 0 aliphatic heterocycles. The van der Waals surface area contributed by atoms with Gasteiger partial charge in [0.25, 0.3) is 5.91 Å². The first-order chi connectivity index (χ1) is 13.4. The van der Waals surface area contributed by atoms with Crippen LogP contribution in [0.3, 0.4) is 0 Å². The van der Waals surface area contributed by atoms with Gasteiger partial charge in [0.15, 0.2) is 11.9 Å². The van der Waals surface area contributed by atoms with Gasteiger partial charge in [0, 0.05) is 23.7 Å². The van der Waals surface area contributed by atoms with Gasteiger partial charge in [-0.1, -0.05) is 12.1 Å². The fourth-order valence-corrected chi connectivity index (χ4v) is 3.00. The van der Waals surface area contributed by atoms with E-state index in [1.807, 2.05) is 30.5 Å². The van der Waals surface area contributed by atoms with Crippen molar-refractivity contribution in [2.75, 3.05) is 5.32 Å². The molecule has 0 spiro atoms. The number of hydrogen-bond acceptors (Lipinski definition) is 6. The van der Waals surface area contributed by atoms with Crippen molar-refractivity contribution < 1.29 is 18.8 Å². The number of carbonyl (C=O) groups excluding carboxylic acids is 2. The summed E-state index contributed by atoms with van der Waals surface area (Å²) in [5.41, 5.74) is 2.85. The van der Waals surface area contributed by atoms with Gasteiger partial charge in [-0.2, -0.15) is 0 Å². The summed E-state index contributed by atoms with van der Waals surface area (Å²) in [7, 11) is 0. The van der Waals surface area contributed by atoms with E-state index in [2.05, 4.69) is 15.5 Å². The molecule has 0 aliphatic rings. The number of ether oxygens (including phenoxy) is 1. The number of hydrogen-bond donors (Lipinski definition) is 1. The molecule has 3 aromatic rings. The van der Waals surface area contributed by atoms with Crippen molar-refractivity contribution in [1.29, 1.82) is 0 Å². The summed E-state index contributed by atoms with van der Waals surface area (Å²) in [6.07, 6.45) is 2.80. The third kappa shape index (κ3) is 3.95. The molecule has 1 N–H and O–H groups in total. The first kappa shape index (κ1) is 19.3. The SMILES string of the molecule is CCC(OC(=O)c1cc(C)n(-c2cccnc2)c1C)C(=O)Nc1cc(C)on1. The molecule has 3 aromatic heterocycles. The molecule has 0 aliphatic carbocycles. The lowest BCUT2D eigenvalue weighted by Gasteiger charge is -2.15. The minimum absolute atomic E-state index is 0.284. The van der Waals surface area contributed by atoms with Crippen LogP contribution >= 0.6 is 0 Å². The monoisotopic (exact) mass is 382 g/mol. The molecule has 3 heterocycles. The second kappa shape index (κ2) is 8.08. The summed E-state index contributed by atoms with van der Waals surface area (Å²) >= 11 is 0. The molecule has 28 heavy (non-hydrogen) atoms. The van der Waals surface area contributed by atoms with Gasteiger partial charge in [0.1, 0.15) is 5.76 Å². The lowest BCUT2D eigenvalue weighted by molar-refractivity contribution is -0.124. The molecule has 0 bridgehead atoms. The zero-order valence-electron chi connectivity index (χ0n) is 16.2. The quantitative estimate of drug-likeness (QED) is 0.656. The average molecular weight is 382 g/mol. The van der Waals surface area contributed by atoms with Crippen molar-refractivity contribution in [3.63, 3.8) is 0 Å². The third-order valence-corrected chi connectivity index (χ3v) is 4.35. The number of aryl methyl sites for hydroxylation is 2. The van der Waals surface area contributed by atoms with Crippen LogP contribution in [0.5, 0.6) is 0 Å². The van der Waals surface area contributed by atoms with E-state index < -0.39 is 18.0 Å². The minimum atomic E-state index is -0.939. The summed E-state index contributed by atoms with van der Waals surface area (Å²) in [5, 5.41) is 6.31. The number of rotatable bonds is 6. The van der Waals surface area contributed by atoms with Crippen molar-refractivity contribution in [3.05, 3.63) is 59.4 Å². The van der Waals surface area contributed by atoms with Gasteiger partial charge in [-0.25, -0.2) is 4.79 Å². The lowest BCUT2D eigenvalue weighted by Crippen LogP contribution is -2.32. The standard InChI is InChI=1S/C20H22N4O4/c1-5-17(19(25)22-18-10-13(3)28-23-18)27-20(26)16-9-12(2)24(14(16)4)15-7-6-8-21-11-15/h6-11,17H,5H2,1-4H3,(H,22,23,25). The van der Waals surface area contributed by atoms with Crippen molar-refractivity contribution >= 4 is 17.7 Å². The number of carbonyl (C=O) groups is 2. The molecule has 0 radical (unpaired) electrons. The van der Waals surface area contributed by atoms with Crippen LogP contribution in [0.1, 0.15) is 40.9 Å². The summed E-state index contributed by atoms with van der Waals surface area (Å²) in [6.45, 7) is 7.21. The maximum atomic E-state index is 12.7. The predicted octanol–water partition coefficient (Wildman–Crippen LogP) is 3.36. The number of aromatic nitrogens is 3. The van der Waals surface area contributed by atoms with E-state index in [1.165, 1.54) is 0 Å². The van der Waals surface area contributed by atoms with Crippen LogP contribution in [0.2, 0.25) is 0 Å². The van der Waals surface area contributed by atoms with Crippen LogP contribution in [-0.4, -0.2) is 32.7 Å². The summed E-state index contributed by atoms with van der Waals surface area (Å²) in [4.78, 5) is 29.3. The van der Waals surface area contributed by atoms with E-state index in [0.717, 1.165) is 17.1 Å². The van der Waals surface area contributed by atoms with Gasteiger partial charge in [0.05, 0.1) is 17.4 Å². The Morgan fingerprint density at radius 2 is 2.07 bits per heavy atom. The second-order valence-corrected chi connectivity index (χ2v) is 6.45. The van der Waals surface area contributed by atoms with Crippen molar-refractivity contribution in [2.45, 2.75) is 40.2 Å². The summed E-state index contributed by atoms with van der Waals surface area (Å²) in [5.74, 6) is -0.151. The number of esters is 1. The predicted molar refractivity (Wildman–Crippen MR) is 102 cm³/mol. The molecule has 0 fully saturated rings. The minimum Gasteiger partial charge on any atom is -0.449 e. The van der Waals surface area contributed by atoms with Crippen LogP contribution < -0.4 is 5.32 Å². The van der Waals surface area contributed by atoms with Crippen molar-refractivity contribution in [1.82, 2.24) is 14.7 Å². The van der Waals surface area contributed by atoms with Crippen molar-refractivity contribution in [3.8, 4) is 5.69 Å². The van der Waals surface area contributed by atoms with Gasteiger partial charge >= 0.3 is 5.97 Å². The third-order valence-electron chi connectivity index (χ3n) is 4.35. The molecule has 0 saturated heterocycles. The van der Waals surface area contributed by atoms with E-state index in [4.69, 9.17) is 9.26 Å². The van der Waals surface area contributed by atoms with Gasteiger partial charge in [-0.15, -0.1) is 0 Å². The summed E-state index contributed by atoms with van der Waals surface area (Å²) < 4.78 is 12.3. The highest BCUT2D eigenvalue weighted by atomic mass is 16.5. The first-order valence-corrected chi connectivity index (χ1v) is 8.95. The molecule has 146 valence electrons. The molecule has 1 unspecified atom stereocenters. The van der Waals surface area contributed by atoms with Crippen LogP contribution in [-0.2, 0) is 9.53 Å². The normalized spacial score (nSPS) is 11.9. The van der Waals surface area contributed by atoms with E-state index in [9.17, 15) is 9.59 Å². The Hall–Kier alpha value is -3.42. The Labute approximate surface area is 162 Å². The Morgan fingerprint density at radius 1 is 1.29 bits per heavy atom. The smallest absolute Gasteiger partial charge is 0.340 e. The molecule has 1 amide bonds. The van der Waals surface area contributed by atoms with E-state index in [0.29, 0.717) is 17.7 Å². The number of nitrogens with one attached hydrogen (secondary N) is 1. The molecular formula is C20H22N4O4. The topological polar surface area (TPSA) is 99.2 Å². The largest absolute Gasteiger partial charge is 0.449 e.